The number of hydrogen-bond donors (Lipinski definition) is 3. The number of unbranched alkanes of at least 4 members (excludes halogenated alkanes) is 37. The van der Waals surface area contributed by atoms with Crippen LogP contribution in [-0.4, -0.2) is 73.4 Å². The maximum absolute atomic E-state index is 12.9. The molecule has 3 atom stereocenters. The fraction of sp³-hybridized carbons (Fsp3) is 0.881. The van der Waals surface area contributed by atoms with Gasteiger partial charge in [-0.05, 0) is 51.4 Å². The first kappa shape index (κ1) is 66.7. The molecule has 402 valence electrons. The number of phosphoric ester groups is 1. The quantitative estimate of drug-likeness (QED) is 0.0243. The van der Waals surface area contributed by atoms with Crippen molar-refractivity contribution in [3.8, 4) is 0 Å². The highest BCUT2D eigenvalue weighted by Crippen LogP contribution is 2.43. The van der Waals surface area contributed by atoms with Gasteiger partial charge in [-0.3, -0.25) is 13.8 Å². The number of amides is 1. The molecule has 0 saturated carbocycles. The van der Waals surface area contributed by atoms with Crippen molar-refractivity contribution in [3.05, 3.63) is 36.5 Å². The van der Waals surface area contributed by atoms with E-state index in [0.717, 1.165) is 44.9 Å². The predicted molar refractivity (Wildman–Crippen MR) is 295 cm³/mol. The summed E-state index contributed by atoms with van der Waals surface area (Å²) >= 11 is 0. The Bertz CT molecular complexity index is 1200. The number of nitrogens with zero attached hydrogens (tertiary/aromatic N) is 1. The van der Waals surface area contributed by atoms with Gasteiger partial charge in [-0.15, -0.1) is 0 Å². The molecule has 0 aliphatic heterocycles. The molecule has 68 heavy (non-hydrogen) atoms. The average Bonchev–Trinajstić information content (AvgIpc) is 3.30. The number of quaternary nitrogens is 1. The van der Waals surface area contributed by atoms with Gasteiger partial charge in [-0.25, -0.2) is 4.57 Å². The van der Waals surface area contributed by atoms with Gasteiger partial charge in [0.2, 0.25) is 5.91 Å². The highest BCUT2D eigenvalue weighted by Gasteiger charge is 2.27. The van der Waals surface area contributed by atoms with Crippen LogP contribution in [0.4, 0.5) is 0 Å². The van der Waals surface area contributed by atoms with E-state index in [1.165, 1.54) is 218 Å². The molecule has 0 fully saturated rings. The first-order chi connectivity index (χ1) is 33.0. The van der Waals surface area contributed by atoms with Crippen LogP contribution < -0.4 is 5.32 Å². The van der Waals surface area contributed by atoms with Crippen LogP contribution in [0.15, 0.2) is 36.5 Å². The first-order valence-corrected chi connectivity index (χ1v) is 30.9. The Morgan fingerprint density at radius 2 is 0.838 bits per heavy atom. The van der Waals surface area contributed by atoms with Gasteiger partial charge in [0.05, 0.1) is 39.9 Å². The number of likely N-dealkylation sites (N-methyl/N-ethyl adjacent to an activating group) is 1. The maximum atomic E-state index is 12.9. The van der Waals surface area contributed by atoms with E-state index in [1.807, 2.05) is 27.2 Å². The van der Waals surface area contributed by atoms with E-state index in [2.05, 4.69) is 43.5 Å². The van der Waals surface area contributed by atoms with Crippen molar-refractivity contribution < 1.29 is 32.9 Å². The van der Waals surface area contributed by atoms with E-state index < -0.39 is 20.0 Å². The zero-order chi connectivity index (χ0) is 49.9. The van der Waals surface area contributed by atoms with Crippen molar-refractivity contribution in [2.75, 3.05) is 40.9 Å². The third-order valence-corrected chi connectivity index (χ3v) is 14.3. The molecule has 0 saturated heterocycles. The molecule has 0 aromatic heterocycles. The minimum Gasteiger partial charge on any atom is -0.387 e. The third-order valence-electron chi connectivity index (χ3n) is 13.4. The van der Waals surface area contributed by atoms with Crippen molar-refractivity contribution >= 4 is 13.7 Å². The van der Waals surface area contributed by atoms with Crippen LogP contribution in [0.25, 0.3) is 0 Å². The molecule has 8 nitrogen and oxygen atoms in total. The van der Waals surface area contributed by atoms with Crippen LogP contribution in [0.2, 0.25) is 0 Å². The zero-order valence-corrected chi connectivity index (χ0v) is 46.8. The van der Waals surface area contributed by atoms with Gasteiger partial charge in [0.25, 0.3) is 0 Å². The van der Waals surface area contributed by atoms with Gasteiger partial charge in [-0.1, -0.05) is 262 Å². The molecular weight excluding hydrogens is 864 g/mol. The molecule has 0 spiro atoms. The standard InChI is InChI=1S/C59H115N2O6P/c1-6-8-10-12-14-16-17-18-19-20-21-22-23-24-25-26-27-28-29-30-31-32-33-34-35-36-37-38-39-40-41-42-43-45-47-49-51-53-59(63)60-57(56-67-68(64,65)66-55-54-61(3,4)5)58(62)52-50-48-46-44-15-13-11-9-7-2/h25-26,28-29,50,52,57-58,62H,6-24,27,30-49,51,53-56H2,1-5H3,(H-,60,63,64,65)/p+1/b26-25-,29-28-,52-50+. The molecule has 0 aromatic rings. The Kier molecular flexibility index (Phi) is 49.7. The number of aliphatic hydroxyl groups excluding tert-OH is 1. The molecule has 0 aromatic carbocycles. The van der Waals surface area contributed by atoms with E-state index >= 15 is 0 Å². The summed E-state index contributed by atoms with van der Waals surface area (Å²) in [5.74, 6) is -0.177. The van der Waals surface area contributed by atoms with Crippen LogP contribution in [0.1, 0.15) is 284 Å². The van der Waals surface area contributed by atoms with Gasteiger partial charge in [0, 0.05) is 6.42 Å². The second-order valence-corrected chi connectivity index (χ2v) is 22.8. The lowest BCUT2D eigenvalue weighted by molar-refractivity contribution is -0.870. The fourth-order valence-corrected chi connectivity index (χ4v) is 9.46. The second-order valence-electron chi connectivity index (χ2n) is 21.4. The molecule has 0 radical (unpaired) electrons. The lowest BCUT2D eigenvalue weighted by Gasteiger charge is -2.25. The maximum Gasteiger partial charge on any atom is 0.472 e. The number of hydrogen-bond acceptors (Lipinski definition) is 5. The topological polar surface area (TPSA) is 105 Å². The summed E-state index contributed by atoms with van der Waals surface area (Å²) in [6.45, 7) is 4.80. The molecule has 0 aliphatic rings. The van der Waals surface area contributed by atoms with Crippen LogP contribution in [0, 0.1) is 0 Å². The largest absolute Gasteiger partial charge is 0.472 e. The lowest BCUT2D eigenvalue weighted by Crippen LogP contribution is -2.45. The van der Waals surface area contributed by atoms with Gasteiger partial charge in [-0.2, -0.15) is 0 Å². The second kappa shape index (κ2) is 50.7. The van der Waals surface area contributed by atoms with Crippen molar-refractivity contribution in [1.29, 1.82) is 0 Å². The van der Waals surface area contributed by atoms with E-state index in [4.69, 9.17) is 9.05 Å². The van der Waals surface area contributed by atoms with Crippen molar-refractivity contribution in [2.24, 2.45) is 0 Å². The van der Waals surface area contributed by atoms with E-state index in [9.17, 15) is 19.4 Å². The van der Waals surface area contributed by atoms with Gasteiger partial charge >= 0.3 is 7.82 Å². The zero-order valence-electron chi connectivity index (χ0n) is 45.9. The Morgan fingerprint density at radius 3 is 1.21 bits per heavy atom. The van der Waals surface area contributed by atoms with Crippen LogP contribution in [0.5, 0.6) is 0 Å². The lowest BCUT2D eigenvalue weighted by atomic mass is 10.0. The summed E-state index contributed by atoms with van der Waals surface area (Å²) in [5.41, 5.74) is 0. The van der Waals surface area contributed by atoms with Crippen LogP contribution >= 0.6 is 7.82 Å². The predicted octanol–water partition coefficient (Wildman–Crippen LogP) is 17.8. The average molecular weight is 981 g/mol. The summed E-state index contributed by atoms with van der Waals surface area (Å²) in [5, 5.41) is 13.8. The molecular formula is C59H116N2O6P+. The Labute approximate surface area is 423 Å². The number of aliphatic hydroxyl groups is 1. The van der Waals surface area contributed by atoms with E-state index in [-0.39, 0.29) is 19.1 Å². The molecule has 3 N–H and O–H groups in total. The third kappa shape index (κ3) is 52.5. The number of carbonyl (C=O) groups is 1. The highest BCUT2D eigenvalue weighted by atomic mass is 31.2. The molecule has 0 aliphatic carbocycles. The Morgan fingerprint density at radius 1 is 0.500 bits per heavy atom. The van der Waals surface area contributed by atoms with Crippen LogP contribution in [-0.2, 0) is 18.4 Å². The summed E-state index contributed by atoms with van der Waals surface area (Å²) in [6, 6.07) is -0.843. The molecule has 0 heterocycles. The summed E-state index contributed by atoms with van der Waals surface area (Å²) in [7, 11) is 1.58. The van der Waals surface area contributed by atoms with Gasteiger partial charge < -0.3 is 19.8 Å². The molecule has 9 heteroatoms. The molecule has 1 amide bonds. The Balaban J connectivity index is 3.85. The van der Waals surface area contributed by atoms with Crippen molar-refractivity contribution in [3.63, 3.8) is 0 Å². The van der Waals surface area contributed by atoms with Gasteiger partial charge in [0.15, 0.2) is 0 Å². The minimum absolute atomic E-state index is 0.0622. The smallest absolute Gasteiger partial charge is 0.387 e. The number of carbonyl (C=O) groups excluding carboxylic acids is 1. The Hall–Kier alpha value is -1.28. The normalized spacial score (nSPS) is 14.2. The highest BCUT2D eigenvalue weighted by molar-refractivity contribution is 7.47. The molecule has 0 rings (SSSR count). The minimum atomic E-state index is -4.33. The summed E-state index contributed by atoms with van der Waals surface area (Å²) in [6.07, 6.45) is 65.7. The first-order valence-electron chi connectivity index (χ1n) is 29.4. The number of allylic oxidation sites excluding steroid dienone is 5. The molecule has 3 unspecified atom stereocenters. The number of phosphoric acid groups is 1. The van der Waals surface area contributed by atoms with Crippen molar-refractivity contribution in [1.82, 2.24) is 5.32 Å². The van der Waals surface area contributed by atoms with Crippen molar-refractivity contribution in [2.45, 2.75) is 296 Å². The fourth-order valence-electron chi connectivity index (χ4n) is 8.72. The summed E-state index contributed by atoms with van der Waals surface area (Å²) < 4.78 is 23.6. The van der Waals surface area contributed by atoms with Crippen LogP contribution in [0.3, 0.4) is 0 Å². The molecule has 0 bridgehead atoms. The number of rotatable bonds is 54. The number of nitrogens with one attached hydrogen (secondary N) is 1. The van der Waals surface area contributed by atoms with E-state index in [1.54, 1.807) is 6.08 Å². The SMILES string of the molecule is CCCCCCCCC/C=C/C(O)C(COP(=O)(O)OCC[N+](C)(C)C)NC(=O)CCCCCCCCCCCCCCCCCCC/C=C\C/C=C\CCCCCCCCCCCCCCC. The van der Waals surface area contributed by atoms with Gasteiger partial charge in [0.1, 0.15) is 13.2 Å². The monoisotopic (exact) mass is 980 g/mol. The van der Waals surface area contributed by atoms with E-state index in [0.29, 0.717) is 17.4 Å². The summed E-state index contributed by atoms with van der Waals surface area (Å²) in [4.78, 5) is 23.2.